The minimum Gasteiger partial charge on any atom is -0.444 e. The van der Waals surface area contributed by atoms with Gasteiger partial charge in [-0.1, -0.05) is 13.8 Å². The maximum absolute atomic E-state index is 5.63. The van der Waals surface area contributed by atoms with Gasteiger partial charge >= 0.3 is 0 Å². The van der Waals surface area contributed by atoms with Gasteiger partial charge in [-0.15, -0.1) is 0 Å². The molecule has 1 aliphatic heterocycles. The van der Waals surface area contributed by atoms with Crippen molar-refractivity contribution in [2.45, 2.75) is 39.3 Å². The summed E-state index contributed by atoms with van der Waals surface area (Å²) >= 11 is 0. The minimum absolute atomic E-state index is 0.620. The molecule has 1 aliphatic rings. The van der Waals surface area contributed by atoms with Gasteiger partial charge in [0.25, 0.3) is 0 Å². The molecule has 2 rings (SSSR count). The summed E-state index contributed by atoms with van der Waals surface area (Å²) in [5.41, 5.74) is 0. The molecule has 1 aromatic heterocycles. The summed E-state index contributed by atoms with van der Waals surface area (Å²) < 4.78 is 5.63. The van der Waals surface area contributed by atoms with Crippen molar-refractivity contribution in [3.05, 3.63) is 17.8 Å². The third kappa shape index (κ3) is 2.83. The van der Waals surface area contributed by atoms with Gasteiger partial charge in [0, 0.05) is 32.1 Å². The molecule has 90 valence electrons. The molecule has 0 saturated carbocycles. The Bertz CT molecular complexity index is 324. The number of hydrogen-bond acceptors (Lipinski definition) is 4. The van der Waals surface area contributed by atoms with E-state index in [0.717, 1.165) is 44.3 Å². The highest BCUT2D eigenvalue weighted by molar-refractivity contribution is 4.94. The standard InChI is InChI=1S/C12H21N3O/c1-3-10-8-15(6-5-13-10)9-12-14-7-11(4-2)16-12/h7,10,13H,3-6,8-9H2,1-2H3. The van der Waals surface area contributed by atoms with Gasteiger partial charge in [0.2, 0.25) is 5.89 Å². The van der Waals surface area contributed by atoms with Crippen LogP contribution in [0.5, 0.6) is 0 Å². The topological polar surface area (TPSA) is 41.3 Å². The number of oxazole rings is 1. The first-order valence-corrected chi connectivity index (χ1v) is 6.21. The maximum atomic E-state index is 5.63. The Labute approximate surface area is 97.0 Å². The second-order valence-corrected chi connectivity index (χ2v) is 4.37. The normalized spacial score (nSPS) is 22.5. The molecule has 0 bridgehead atoms. The van der Waals surface area contributed by atoms with Crippen LogP contribution >= 0.6 is 0 Å². The first-order valence-electron chi connectivity index (χ1n) is 6.21. The summed E-state index contributed by atoms with van der Waals surface area (Å²) in [4.78, 5) is 6.72. The van der Waals surface area contributed by atoms with E-state index >= 15 is 0 Å². The Balaban J connectivity index is 1.88. The predicted molar refractivity (Wildman–Crippen MR) is 63.2 cm³/mol. The molecule has 1 unspecified atom stereocenters. The number of nitrogens with zero attached hydrogens (tertiary/aromatic N) is 2. The fourth-order valence-corrected chi connectivity index (χ4v) is 2.09. The lowest BCUT2D eigenvalue weighted by atomic mass is 10.1. The molecule has 0 aromatic carbocycles. The van der Waals surface area contributed by atoms with Crippen LogP contribution in [0.2, 0.25) is 0 Å². The second-order valence-electron chi connectivity index (χ2n) is 4.37. The van der Waals surface area contributed by atoms with E-state index in [9.17, 15) is 0 Å². The van der Waals surface area contributed by atoms with Gasteiger partial charge in [-0.05, 0) is 6.42 Å². The van der Waals surface area contributed by atoms with Crippen molar-refractivity contribution in [1.29, 1.82) is 0 Å². The zero-order valence-electron chi connectivity index (χ0n) is 10.2. The maximum Gasteiger partial charge on any atom is 0.208 e. The molecule has 1 N–H and O–H groups in total. The molecule has 1 atom stereocenters. The molecule has 1 aromatic rings. The third-order valence-corrected chi connectivity index (χ3v) is 3.14. The fraction of sp³-hybridized carbons (Fsp3) is 0.750. The van der Waals surface area contributed by atoms with Crippen LogP contribution < -0.4 is 5.32 Å². The molecule has 16 heavy (non-hydrogen) atoms. The van der Waals surface area contributed by atoms with E-state index < -0.39 is 0 Å². The molecule has 0 amide bonds. The number of rotatable bonds is 4. The fourth-order valence-electron chi connectivity index (χ4n) is 2.09. The van der Waals surface area contributed by atoms with Crippen molar-refractivity contribution >= 4 is 0 Å². The second kappa shape index (κ2) is 5.46. The van der Waals surface area contributed by atoms with Gasteiger partial charge in [-0.3, -0.25) is 4.90 Å². The summed E-state index contributed by atoms with van der Waals surface area (Å²) in [7, 11) is 0. The van der Waals surface area contributed by atoms with Gasteiger partial charge < -0.3 is 9.73 Å². The molecule has 0 aliphatic carbocycles. The first-order chi connectivity index (χ1) is 7.81. The van der Waals surface area contributed by atoms with Crippen LogP contribution in [0.25, 0.3) is 0 Å². The summed E-state index contributed by atoms with van der Waals surface area (Å²) in [6.45, 7) is 8.41. The van der Waals surface area contributed by atoms with Crippen molar-refractivity contribution in [3.63, 3.8) is 0 Å². The molecule has 4 heteroatoms. The number of hydrogen-bond donors (Lipinski definition) is 1. The lowest BCUT2D eigenvalue weighted by molar-refractivity contribution is 0.174. The van der Waals surface area contributed by atoms with Gasteiger partial charge in [0.1, 0.15) is 5.76 Å². The summed E-state index contributed by atoms with van der Waals surface area (Å²) in [6.07, 6.45) is 3.95. The number of nitrogens with one attached hydrogen (secondary N) is 1. The molecule has 1 fully saturated rings. The van der Waals surface area contributed by atoms with Crippen molar-refractivity contribution in [1.82, 2.24) is 15.2 Å². The van der Waals surface area contributed by atoms with E-state index in [1.165, 1.54) is 6.42 Å². The average molecular weight is 223 g/mol. The minimum atomic E-state index is 0.620. The van der Waals surface area contributed by atoms with Gasteiger partial charge in [0.15, 0.2) is 0 Å². The van der Waals surface area contributed by atoms with Crippen LogP contribution in [-0.4, -0.2) is 35.6 Å². The Morgan fingerprint density at radius 3 is 3.12 bits per heavy atom. The Kier molecular flexibility index (Phi) is 3.96. The van der Waals surface area contributed by atoms with E-state index in [0.29, 0.717) is 6.04 Å². The van der Waals surface area contributed by atoms with Crippen molar-refractivity contribution in [2.75, 3.05) is 19.6 Å². The molecule has 0 spiro atoms. The lowest BCUT2D eigenvalue weighted by Crippen LogP contribution is -2.49. The van der Waals surface area contributed by atoms with Gasteiger partial charge in [-0.25, -0.2) is 4.98 Å². The van der Waals surface area contributed by atoms with Crippen molar-refractivity contribution < 1.29 is 4.42 Å². The lowest BCUT2D eigenvalue weighted by Gasteiger charge is -2.32. The number of piperazine rings is 1. The smallest absolute Gasteiger partial charge is 0.208 e. The highest BCUT2D eigenvalue weighted by atomic mass is 16.4. The van der Waals surface area contributed by atoms with E-state index in [1.54, 1.807) is 0 Å². The summed E-state index contributed by atoms with van der Waals surface area (Å²) in [6, 6.07) is 0.620. The van der Waals surface area contributed by atoms with Crippen molar-refractivity contribution in [3.8, 4) is 0 Å². The third-order valence-electron chi connectivity index (χ3n) is 3.14. The monoisotopic (exact) mass is 223 g/mol. The Hall–Kier alpha value is -0.870. The average Bonchev–Trinajstić information content (AvgIpc) is 2.77. The van der Waals surface area contributed by atoms with Crippen LogP contribution in [0.15, 0.2) is 10.6 Å². The molecular formula is C12H21N3O. The van der Waals surface area contributed by atoms with Crippen LogP contribution in [0.3, 0.4) is 0 Å². The molecule has 0 radical (unpaired) electrons. The predicted octanol–water partition coefficient (Wildman–Crippen LogP) is 1.42. The highest BCUT2D eigenvalue weighted by Gasteiger charge is 2.19. The SMILES string of the molecule is CCc1cnc(CN2CCNC(CC)C2)o1. The van der Waals surface area contributed by atoms with Gasteiger partial charge in [-0.2, -0.15) is 0 Å². The quantitative estimate of drug-likeness (QED) is 0.838. The van der Waals surface area contributed by atoms with Crippen LogP contribution in [0, 0.1) is 0 Å². The Morgan fingerprint density at radius 2 is 2.44 bits per heavy atom. The summed E-state index contributed by atoms with van der Waals surface area (Å²) in [5.74, 6) is 1.84. The van der Waals surface area contributed by atoms with Gasteiger partial charge in [0.05, 0.1) is 12.7 Å². The van der Waals surface area contributed by atoms with E-state index in [-0.39, 0.29) is 0 Å². The Morgan fingerprint density at radius 1 is 1.56 bits per heavy atom. The first kappa shape index (κ1) is 11.6. The largest absolute Gasteiger partial charge is 0.444 e. The van der Waals surface area contributed by atoms with Crippen LogP contribution in [0.1, 0.15) is 31.9 Å². The number of aromatic nitrogens is 1. The molecule has 1 saturated heterocycles. The zero-order chi connectivity index (χ0) is 11.4. The zero-order valence-corrected chi connectivity index (χ0v) is 10.2. The molecular weight excluding hydrogens is 202 g/mol. The van der Waals surface area contributed by atoms with Crippen LogP contribution in [0.4, 0.5) is 0 Å². The summed E-state index contributed by atoms with van der Waals surface area (Å²) in [5, 5.41) is 3.51. The van der Waals surface area contributed by atoms with Crippen LogP contribution in [-0.2, 0) is 13.0 Å². The molecule has 2 heterocycles. The van der Waals surface area contributed by atoms with E-state index in [1.807, 2.05) is 6.20 Å². The van der Waals surface area contributed by atoms with Crippen molar-refractivity contribution in [2.24, 2.45) is 0 Å². The van der Waals surface area contributed by atoms with E-state index in [4.69, 9.17) is 4.42 Å². The highest BCUT2D eigenvalue weighted by Crippen LogP contribution is 2.10. The van der Waals surface area contributed by atoms with E-state index in [2.05, 4.69) is 29.0 Å². The number of aryl methyl sites for hydroxylation is 1. The molecule has 4 nitrogen and oxygen atoms in total.